The number of fused-ring (bicyclic) bond motifs is 1. The summed E-state index contributed by atoms with van der Waals surface area (Å²) in [5.41, 5.74) is 2.26. The molecule has 4 nitrogen and oxygen atoms in total. The summed E-state index contributed by atoms with van der Waals surface area (Å²) in [7, 11) is 0. The predicted molar refractivity (Wildman–Crippen MR) is 67.8 cm³/mol. The maximum atomic E-state index is 4.51. The zero-order chi connectivity index (χ0) is 11.5. The minimum absolute atomic E-state index is 0.781. The molecule has 0 fully saturated rings. The van der Waals surface area contributed by atoms with Crippen molar-refractivity contribution >= 4 is 16.3 Å². The van der Waals surface area contributed by atoms with Gasteiger partial charge in [0.15, 0.2) is 4.96 Å². The summed E-state index contributed by atoms with van der Waals surface area (Å²) in [6.07, 6.45) is 7.74. The quantitative estimate of drug-likeness (QED) is 0.764. The van der Waals surface area contributed by atoms with Crippen LogP contribution in [0.25, 0.3) is 4.96 Å². The highest BCUT2D eigenvalue weighted by Gasteiger charge is 2.01. The largest absolute Gasteiger partial charge is 0.307 e. The van der Waals surface area contributed by atoms with Crippen molar-refractivity contribution in [2.45, 2.75) is 13.1 Å². The van der Waals surface area contributed by atoms with Crippen molar-refractivity contribution in [3.05, 3.63) is 53.6 Å². The molecule has 3 aromatic rings. The van der Waals surface area contributed by atoms with Crippen molar-refractivity contribution < 1.29 is 0 Å². The Kier molecular flexibility index (Phi) is 2.85. The van der Waals surface area contributed by atoms with Gasteiger partial charge in [-0.2, -0.15) is 0 Å². The Labute approximate surface area is 103 Å². The van der Waals surface area contributed by atoms with E-state index in [1.54, 1.807) is 17.5 Å². The van der Waals surface area contributed by atoms with Crippen LogP contribution in [0.15, 0.2) is 42.3 Å². The van der Waals surface area contributed by atoms with Crippen molar-refractivity contribution in [3.8, 4) is 0 Å². The fourth-order valence-corrected chi connectivity index (χ4v) is 2.42. The normalized spacial score (nSPS) is 11.1. The summed E-state index contributed by atoms with van der Waals surface area (Å²) in [6, 6.07) is 4.01. The van der Waals surface area contributed by atoms with E-state index in [1.165, 1.54) is 5.56 Å². The molecule has 5 heteroatoms. The molecule has 0 atom stereocenters. The number of imidazole rings is 1. The Morgan fingerprint density at radius 3 is 3.18 bits per heavy atom. The van der Waals surface area contributed by atoms with E-state index >= 15 is 0 Å². The lowest BCUT2D eigenvalue weighted by Crippen LogP contribution is -2.12. The minimum atomic E-state index is 0.781. The van der Waals surface area contributed by atoms with Gasteiger partial charge in [-0.1, -0.05) is 6.07 Å². The summed E-state index contributed by atoms with van der Waals surface area (Å²) in [5, 5.41) is 5.39. The first-order valence-electron chi connectivity index (χ1n) is 5.42. The molecule has 86 valence electrons. The highest BCUT2D eigenvalue weighted by molar-refractivity contribution is 7.15. The third-order valence-corrected chi connectivity index (χ3v) is 3.27. The molecule has 0 aliphatic heterocycles. The first-order chi connectivity index (χ1) is 8.42. The summed E-state index contributed by atoms with van der Waals surface area (Å²) < 4.78 is 2.05. The number of aromatic nitrogens is 3. The van der Waals surface area contributed by atoms with Crippen molar-refractivity contribution in [2.24, 2.45) is 0 Å². The van der Waals surface area contributed by atoms with E-state index in [2.05, 4.69) is 27.5 Å². The minimum Gasteiger partial charge on any atom is -0.307 e. The predicted octanol–water partition coefficient (Wildman–Crippen LogP) is 2.08. The van der Waals surface area contributed by atoms with Crippen LogP contribution in [-0.4, -0.2) is 14.4 Å². The van der Waals surface area contributed by atoms with Gasteiger partial charge >= 0.3 is 0 Å². The molecule has 3 rings (SSSR count). The van der Waals surface area contributed by atoms with Crippen LogP contribution in [0, 0.1) is 0 Å². The van der Waals surface area contributed by atoms with Gasteiger partial charge in [0, 0.05) is 43.3 Å². The third-order valence-electron chi connectivity index (χ3n) is 2.50. The van der Waals surface area contributed by atoms with Gasteiger partial charge in [0.2, 0.25) is 0 Å². The van der Waals surface area contributed by atoms with Crippen LogP contribution in [0.1, 0.15) is 11.3 Å². The number of hydrogen-bond donors (Lipinski definition) is 1. The molecule has 0 bridgehead atoms. The Hall–Kier alpha value is -1.72. The molecular weight excluding hydrogens is 232 g/mol. The summed E-state index contributed by atoms with van der Waals surface area (Å²) >= 11 is 1.65. The van der Waals surface area contributed by atoms with Crippen LogP contribution in [0.3, 0.4) is 0 Å². The maximum Gasteiger partial charge on any atom is 0.193 e. The first kappa shape index (κ1) is 10.4. The van der Waals surface area contributed by atoms with E-state index in [1.807, 2.05) is 28.2 Å². The van der Waals surface area contributed by atoms with Crippen molar-refractivity contribution in [1.82, 2.24) is 19.7 Å². The lowest BCUT2D eigenvalue weighted by molar-refractivity contribution is 0.681. The van der Waals surface area contributed by atoms with Crippen molar-refractivity contribution in [3.63, 3.8) is 0 Å². The average Bonchev–Trinajstić information content (AvgIpc) is 2.91. The smallest absolute Gasteiger partial charge is 0.193 e. The number of nitrogens with one attached hydrogen (secondary N) is 1. The molecule has 0 amide bonds. The molecular formula is C12H12N4S. The van der Waals surface area contributed by atoms with Crippen LogP contribution in [0.5, 0.6) is 0 Å². The van der Waals surface area contributed by atoms with E-state index in [4.69, 9.17) is 0 Å². The fraction of sp³-hybridized carbons (Fsp3) is 0.167. The van der Waals surface area contributed by atoms with Crippen LogP contribution < -0.4 is 5.32 Å². The molecule has 0 aliphatic rings. The van der Waals surface area contributed by atoms with Gasteiger partial charge in [-0.05, 0) is 11.6 Å². The molecule has 3 heterocycles. The molecule has 0 unspecified atom stereocenters. The van der Waals surface area contributed by atoms with Crippen LogP contribution in [-0.2, 0) is 13.1 Å². The summed E-state index contributed by atoms with van der Waals surface area (Å²) in [4.78, 5) is 9.63. The van der Waals surface area contributed by atoms with E-state index in [0.29, 0.717) is 0 Å². The van der Waals surface area contributed by atoms with Crippen LogP contribution in [0.4, 0.5) is 0 Å². The number of nitrogens with zero attached hydrogens (tertiary/aromatic N) is 3. The lowest BCUT2D eigenvalue weighted by atomic mass is 10.3. The molecule has 0 spiro atoms. The zero-order valence-electron chi connectivity index (χ0n) is 9.21. The molecule has 3 aromatic heterocycles. The summed E-state index contributed by atoms with van der Waals surface area (Å²) in [6.45, 7) is 1.60. The van der Waals surface area contributed by atoms with Gasteiger partial charge in [0.05, 0.1) is 5.69 Å². The second-order valence-electron chi connectivity index (χ2n) is 3.79. The standard InChI is InChI=1S/C12H12N4S/c1-2-10(6-13-3-1)7-14-8-11-9-16-4-5-17-12(16)15-11/h1-6,9,14H,7-8H2. The van der Waals surface area contributed by atoms with Gasteiger partial charge in [-0.15, -0.1) is 11.3 Å². The zero-order valence-corrected chi connectivity index (χ0v) is 10.0. The first-order valence-corrected chi connectivity index (χ1v) is 6.30. The molecule has 0 saturated carbocycles. The van der Waals surface area contributed by atoms with E-state index in [0.717, 1.165) is 23.7 Å². The highest BCUT2D eigenvalue weighted by Crippen LogP contribution is 2.11. The molecule has 1 N–H and O–H groups in total. The Morgan fingerprint density at radius 2 is 2.35 bits per heavy atom. The summed E-state index contributed by atoms with van der Waals surface area (Å²) in [5.74, 6) is 0. The molecule has 0 aliphatic carbocycles. The van der Waals surface area contributed by atoms with E-state index < -0.39 is 0 Å². The van der Waals surface area contributed by atoms with Gasteiger partial charge in [-0.3, -0.25) is 9.38 Å². The molecule has 0 saturated heterocycles. The molecule has 0 radical (unpaired) electrons. The van der Waals surface area contributed by atoms with E-state index in [9.17, 15) is 0 Å². The van der Waals surface area contributed by atoms with Crippen LogP contribution >= 0.6 is 11.3 Å². The Balaban J connectivity index is 1.59. The average molecular weight is 244 g/mol. The number of thiazole rings is 1. The fourth-order valence-electron chi connectivity index (χ4n) is 1.70. The second-order valence-corrected chi connectivity index (χ2v) is 4.66. The molecule has 0 aromatic carbocycles. The second kappa shape index (κ2) is 4.65. The molecule has 17 heavy (non-hydrogen) atoms. The van der Waals surface area contributed by atoms with Gasteiger partial charge < -0.3 is 5.32 Å². The monoisotopic (exact) mass is 244 g/mol. The number of pyridine rings is 1. The topological polar surface area (TPSA) is 42.2 Å². The number of hydrogen-bond acceptors (Lipinski definition) is 4. The van der Waals surface area contributed by atoms with E-state index in [-0.39, 0.29) is 0 Å². The van der Waals surface area contributed by atoms with Crippen molar-refractivity contribution in [2.75, 3.05) is 0 Å². The number of rotatable bonds is 4. The third kappa shape index (κ3) is 2.35. The van der Waals surface area contributed by atoms with Crippen molar-refractivity contribution in [1.29, 1.82) is 0 Å². The van der Waals surface area contributed by atoms with Crippen LogP contribution in [0.2, 0.25) is 0 Å². The Bertz CT molecular complexity index is 571. The lowest BCUT2D eigenvalue weighted by Gasteiger charge is -2.01. The SMILES string of the molecule is c1cncc(CNCc2cn3ccsc3n2)c1. The van der Waals surface area contributed by atoms with Gasteiger partial charge in [0.25, 0.3) is 0 Å². The van der Waals surface area contributed by atoms with Gasteiger partial charge in [-0.25, -0.2) is 4.98 Å². The maximum absolute atomic E-state index is 4.51. The van der Waals surface area contributed by atoms with Gasteiger partial charge in [0.1, 0.15) is 0 Å². The highest BCUT2D eigenvalue weighted by atomic mass is 32.1. The Morgan fingerprint density at radius 1 is 1.35 bits per heavy atom.